The molecule has 2 fully saturated rings. The first kappa shape index (κ1) is 24.1. The first-order valence-corrected chi connectivity index (χ1v) is 13.9. The smallest absolute Gasteiger partial charge is 0.227 e. The molecule has 6 rings (SSSR count). The van der Waals surface area contributed by atoms with Gasteiger partial charge in [-0.2, -0.15) is 0 Å². The van der Waals surface area contributed by atoms with Gasteiger partial charge in [0, 0.05) is 39.3 Å². The van der Waals surface area contributed by atoms with Gasteiger partial charge in [0.15, 0.2) is 5.13 Å². The van der Waals surface area contributed by atoms with E-state index >= 15 is 0 Å². The largest absolute Gasteiger partial charge is 0.347 e. The Labute approximate surface area is 221 Å². The number of amides is 1. The minimum absolute atomic E-state index is 0.0249. The molecule has 2 aliphatic rings. The van der Waals surface area contributed by atoms with Crippen LogP contribution in [-0.4, -0.2) is 60.0 Å². The molecule has 5 nitrogen and oxygen atoms in total. The first-order valence-electron chi connectivity index (χ1n) is 13.1. The molecule has 0 N–H and O–H groups in total. The van der Waals surface area contributed by atoms with Crippen molar-refractivity contribution in [3.8, 4) is 0 Å². The number of fused-ring (bicyclic) bond motifs is 1. The van der Waals surface area contributed by atoms with Crippen LogP contribution in [0.15, 0.2) is 78.9 Å². The Balaban J connectivity index is 1.12. The second-order valence-electron chi connectivity index (χ2n) is 9.98. The van der Waals surface area contributed by atoms with E-state index in [2.05, 4.69) is 75.4 Å². The molecule has 3 heterocycles. The van der Waals surface area contributed by atoms with Crippen LogP contribution in [-0.2, 0) is 4.79 Å². The van der Waals surface area contributed by atoms with Crippen molar-refractivity contribution in [2.45, 2.75) is 18.9 Å². The molecule has 7 heteroatoms. The Morgan fingerprint density at radius 1 is 0.892 bits per heavy atom. The number of piperidine rings is 1. The zero-order valence-corrected chi connectivity index (χ0v) is 21.6. The lowest BCUT2D eigenvalue weighted by Crippen LogP contribution is -2.53. The number of carbonyl (C=O) groups excluding carboxylic acids is 1. The maximum absolute atomic E-state index is 13.6. The molecule has 1 amide bonds. The fraction of sp³-hybridized carbons (Fsp3) is 0.333. The van der Waals surface area contributed by atoms with Gasteiger partial charge in [-0.05, 0) is 42.2 Å². The maximum Gasteiger partial charge on any atom is 0.227 e. The van der Waals surface area contributed by atoms with E-state index in [1.54, 1.807) is 12.1 Å². The standard InChI is InChI=1S/C30H31FN4OS/c31-25-13-14-26-27(20-25)37-30(32-26)35-15-7-12-24(21-35)29(36)34-18-16-33(17-19-34)28(22-8-3-1-4-9-22)23-10-5-2-6-11-23/h1-6,8-11,13-14,20,24,28H,7,12,15-19,21H2. The molecule has 4 aromatic rings. The Morgan fingerprint density at radius 2 is 1.57 bits per heavy atom. The van der Waals surface area contributed by atoms with E-state index in [4.69, 9.17) is 4.98 Å². The van der Waals surface area contributed by atoms with Gasteiger partial charge in [0.1, 0.15) is 5.82 Å². The molecule has 0 saturated carbocycles. The third kappa shape index (κ3) is 5.11. The monoisotopic (exact) mass is 514 g/mol. The molecule has 0 radical (unpaired) electrons. The van der Waals surface area contributed by atoms with Gasteiger partial charge in [-0.25, -0.2) is 9.37 Å². The predicted octanol–water partition coefficient (Wildman–Crippen LogP) is 5.59. The quantitative estimate of drug-likeness (QED) is 0.348. The highest BCUT2D eigenvalue weighted by molar-refractivity contribution is 7.22. The van der Waals surface area contributed by atoms with E-state index in [9.17, 15) is 9.18 Å². The molecular weight excluding hydrogens is 483 g/mol. The van der Waals surface area contributed by atoms with Crippen molar-refractivity contribution in [2.24, 2.45) is 5.92 Å². The lowest BCUT2D eigenvalue weighted by molar-refractivity contribution is -0.137. The summed E-state index contributed by atoms with van der Waals surface area (Å²) >= 11 is 1.51. The van der Waals surface area contributed by atoms with Crippen molar-refractivity contribution < 1.29 is 9.18 Å². The van der Waals surface area contributed by atoms with E-state index in [0.29, 0.717) is 6.54 Å². The average molecular weight is 515 g/mol. The lowest BCUT2D eigenvalue weighted by atomic mass is 9.95. The third-order valence-electron chi connectivity index (χ3n) is 7.60. The average Bonchev–Trinajstić information content (AvgIpc) is 3.38. The number of hydrogen-bond acceptors (Lipinski definition) is 5. The Hall–Kier alpha value is -3.29. The number of hydrogen-bond donors (Lipinski definition) is 0. The molecule has 1 atom stereocenters. The number of carbonyl (C=O) groups is 1. The van der Waals surface area contributed by atoms with E-state index in [0.717, 1.165) is 60.9 Å². The highest BCUT2D eigenvalue weighted by atomic mass is 32.1. The number of anilines is 1. The van der Waals surface area contributed by atoms with E-state index in [-0.39, 0.29) is 23.7 Å². The summed E-state index contributed by atoms with van der Waals surface area (Å²) in [7, 11) is 0. The van der Waals surface area contributed by atoms with Crippen molar-refractivity contribution in [2.75, 3.05) is 44.2 Å². The maximum atomic E-state index is 13.6. The van der Waals surface area contributed by atoms with Gasteiger partial charge in [-0.15, -0.1) is 0 Å². The SMILES string of the molecule is O=C(C1CCCN(c2nc3ccc(F)cc3s2)C1)N1CCN(C(c2ccccc2)c2ccccc2)CC1. The molecule has 0 aliphatic carbocycles. The number of halogens is 1. The summed E-state index contributed by atoms with van der Waals surface area (Å²) in [5.41, 5.74) is 3.39. The van der Waals surface area contributed by atoms with Crippen LogP contribution < -0.4 is 4.90 Å². The summed E-state index contributed by atoms with van der Waals surface area (Å²) in [6, 6.07) is 26.2. The molecule has 3 aromatic carbocycles. The normalized spacial score (nSPS) is 19.0. The molecule has 0 bridgehead atoms. The van der Waals surface area contributed by atoms with Gasteiger partial charge in [0.05, 0.1) is 22.2 Å². The van der Waals surface area contributed by atoms with Crippen molar-refractivity contribution >= 4 is 32.6 Å². The van der Waals surface area contributed by atoms with Gasteiger partial charge in [0.25, 0.3) is 0 Å². The third-order valence-corrected chi connectivity index (χ3v) is 8.68. The molecule has 0 spiro atoms. The van der Waals surface area contributed by atoms with Crippen LogP contribution in [0.2, 0.25) is 0 Å². The summed E-state index contributed by atoms with van der Waals surface area (Å²) in [5.74, 6) is -0.00845. The summed E-state index contributed by atoms with van der Waals surface area (Å²) in [4.78, 5) is 25.1. The van der Waals surface area contributed by atoms with Crippen molar-refractivity contribution in [1.82, 2.24) is 14.8 Å². The molecular formula is C30H31FN4OS. The van der Waals surface area contributed by atoms with Crippen LogP contribution in [0.25, 0.3) is 10.2 Å². The van der Waals surface area contributed by atoms with Crippen LogP contribution in [0, 0.1) is 11.7 Å². The summed E-state index contributed by atoms with van der Waals surface area (Å²) in [6.45, 7) is 4.74. The molecule has 1 aromatic heterocycles. The second-order valence-corrected chi connectivity index (χ2v) is 11.0. The highest BCUT2D eigenvalue weighted by Crippen LogP contribution is 2.33. The minimum atomic E-state index is -0.240. The number of rotatable bonds is 5. The Morgan fingerprint density at radius 3 is 2.24 bits per heavy atom. The summed E-state index contributed by atoms with van der Waals surface area (Å²) in [5, 5.41) is 0.886. The van der Waals surface area contributed by atoms with Crippen molar-refractivity contribution in [1.29, 1.82) is 0 Å². The summed E-state index contributed by atoms with van der Waals surface area (Å²) < 4.78 is 14.5. The van der Waals surface area contributed by atoms with Gasteiger partial charge < -0.3 is 9.80 Å². The Bertz CT molecular complexity index is 1310. The first-order chi connectivity index (χ1) is 18.2. The number of benzene rings is 3. The molecule has 1 unspecified atom stereocenters. The van der Waals surface area contributed by atoms with E-state index < -0.39 is 0 Å². The van der Waals surface area contributed by atoms with Crippen molar-refractivity contribution in [3.05, 3.63) is 95.8 Å². The topological polar surface area (TPSA) is 39.7 Å². The molecule has 2 saturated heterocycles. The number of piperazine rings is 1. The zero-order chi connectivity index (χ0) is 25.2. The summed E-state index contributed by atoms with van der Waals surface area (Å²) in [6.07, 6.45) is 1.87. The lowest BCUT2D eigenvalue weighted by Gasteiger charge is -2.42. The van der Waals surface area contributed by atoms with Crippen LogP contribution in [0.4, 0.5) is 9.52 Å². The molecule has 37 heavy (non-hydrogen) atoms. The van der Waals surface area contributed by atoms with Crippen LogP contribution in [0.3, 0.4) is 0 Å². The van der Waals surface area contributed by atoms with Gasteiger partial charge in [0.2, 0.25) is 5.91 Å². The number of nitrogens with zero attached hydrogens (tertiary/aromatic N) is 4. The minimum Gasteiger partial charge on any atom is -0.347 e. The molecule has 190 valence electrons. The van der Waals surface area contributed by atoms with Gasteiger partial charge in [-0.1, -0.05) is 72.0 Å². The van der Waals surface area contributed by atoms with Crippen LogP contribution in [0.5, 0.6) is 0 Å². The number of aromatic nitrogens is 1. The van der Waals surface area contributed by atoms with Crippen molar-refractivity contribution in [3.63, 3.8) is 0 Å². The highest BCUT2D eigenvalue weighted by Gasteiger charge is 2.33. The van der Waals surface area contributed by atoms with E-state index in [1.807, 2.05) is 0 Å². The molecule has 2 aliphatic heterocycles. The van der Waals surface area contributed by atoms with E-state index in [1.165, 1.54) is 28.5 Å². The second kappa shape index (κ2) is 10.6. The zero-order valence-electron chi connectivity index (χ0n) is 20.8. The Kier molecular flexibility index (Phi) is 6.89. The van der Waals surface area contributed by atoms with Gasteiger partial charge in [-0.3, -0.25) is 9.69 Å². The van der Waals surface area contributed by atoms with Gasteiger partial charge >= 0.3 is 0 Å². The fourth-order valence-electron chi connectivity index (χ4n) is 5.72. The number of thiazole rings is 1. The van der Waals surface area contributed by atoms with Crippen LogP contribution >= 0.6 is 11.3 Å². The predicted molar refractivity (Wildman–Crippen MR) is 147 cm³/mol. The fourth-order valence-corrected chi connectivity index (χ4v) is 6.74. The van der Waals surface area contributed by atoms with Crippen LogP contribution in [0.1, 0.15) is 30.0 Å².